The molecule has 14 heavy (non-hydrogen) atoms. The molecule has 2 aromatic rings. The van der Waals surface area contributed by atoms with Gasteiger partial charge in [-0.1, -0.05) is 11.6 Å². The predicted octanol–water partition coefficient (Wildman–Crippen LogP) is 1.97. The Balaban J connectivity index is 2.77. The van der Waals surface area contributed by atoms with Crippen LogP contribution in [0.3, 0.4) is 0 Å². The third-order valence-electron chi connectivity index (χ3n) is 1.80. The number of hydrogen-bond acceptors (Lipinski definition) is 2. The van der Waals surface area contributed by atoms with Gasteiger partial charge in [0.1, 0.15) is 5.52 Å². The third kappa shape index (κ3) is 1.42. The van der Waals surface area contributed by atoms with Crippen LogP contribution in [-0.4, -0.2) is 15.9 Å². The largest absolute Gasteiger partial charge is 0.366 e. The summed E-state index contributed by atoms with van der Waals surface area (Å²) in [7, 11) is 0. The number of hydrogen-bond donors (Lipinski definition) is 2. The molecule has 2 rings (SSSR count). The normalized spacial score (nSPS) is 10.7. The average Bonchev–Trinajstić information content (AvgIpc) is 2.45. The molecule has 0 spiro atoms. The Labute approximate surface area is 89.0 Å². The number of nitrogens with zero attached hydrogens (tertiary/aromatic N) is 1. The summed E-state index contributed by atoms with van der Waals surface area (Å²) in [6.07, 6.45) is 0. The first kappa shape index (κ1) is 9.30. The van der Waals surface area contributed by atoms with Crippen molar-refractivity contribution >= 4 is 40.1 Å². The Hall–Kier alpha value is -1.26. The van der Waals surface area contributed by atoms with E-state index in [1.165, 1.54) is 6.07 Å². The minimum atomic E-state index is -0.542. The summed E-state index contributed by atoms with van der Waals surface area (Å²) in [5.74, 6) is -0.542. The highest BCUT2D eigenvalue weighted by Crippen LogP contribution is 2.24. The number of carbonyl (C=O) groups is 1. The second-order valence-electron chi connectivity index (χ2n) is 2.75. The number of aromatic amines is 1. The van der Waals surface area contributed by atoms with E-state index in [2.05, 4.69) is 9.97 Å². The molecule has 0 atom stereocenters. The number of H-pyrrole nitrogens is 1. The molecule has 4 nitrogen and oxygen atoms in total. The highest BCUT2D eigenvalue weighted by molar-refractivity contribution is 6.36. The van der Waals surface area contributed by atoms with Crippen molar-refractivity contribution in [1.82, 2.24) is 9.97 Å². The van der Waals surface area contributed by atoms with Gasteiger partial charge in [-0.05, 0) is 23.7 Å². The maximum Gasteiger partial charge on any atom is 0.248 e. The standard InChI is InChI=1S/C8H5Cl2N3O/c9-4-1-3(7(11)14)2-5-6(4)13-8(10)12-5/h1-2H,(H2,11,14)(H,12,13). The molecule has 0 fully saturated rings. The zero-order chi connectivity index (χ0) is 10.3. The minimum absolute atomic E-state index is 0.225. The van der Waals surface area contributed by atoms with E-state index in [9.17, 15) is 4.79 Å². The first-order chi connectivity index (χ1) is 6.58. The quantitative estimate of drug-likeness (QED) is 0.785. The Morgan fingerprint density at radius 3 is 2.79 bits per heavy atom. The van der Waals surface area contributed by atoms with Crippen molar-refractivity contribution < 1.29 is 4.79 Å². The summed E-state index contributed by atoms with van der Waals surface area (Å²) in [6.45, 7) is 0. The van der Waals surface area contributed by atoms with E-state index in [-0.39, 0.29) is 5.28 Å². The lowest BCUT2D eigenvalue weighted by Crippen LogP contribution is -2.10. The second kappa shape index (κ2) is 3.15. The van der Waals surface area contributed by atoms with Crippen LogP contribution in [0.1, 0.15) is 10.4 Å². The van der Waals surface area contributed by atoms with Gasteiger partial charge in [-0.3, -0.25) is 4.79 Å². The Bertz CT molecular complexity index is 521. The van der Waals surface area contributed by atoms with Gasteiger partial charge < -0.3 is 10.7 Å². The summed E-state index contributed by atoms with van der Waals surface area (Å²) in [5.41, 5.74) is 6.56. The van der Waals surface area contributed by atoms with Crippen molar-refractivity contribution in [3.8, 4) is 0 Å². The number of carbonyl (C=O) groups excluding carboxylic acids is 1. The molecular formula is C8H5Cl2N3O. The molecule has 1 amide bonds. The van der Waals surface area contributed by atoms with Crippen molar-refractivity contribution in [2.75, 3.05) is 0 Å². The van der Waals surface area contributed by atoms with Crippen LogP contribution < -0.4 is 5.73 Å². The van der Waals surface area contributed by atoms with Crippen LogP contribution >= 0.6 is 23.2 Å². The molecule has 1 aromatic carbocycles. The van der Waals surface area contributed by atoms with Crippen LogP contribution in [0.25, 0.3) is 11.0 Å². The number of amides is 1. The topological polar surface area (TPSA) is 71.8 Å². The maximum atomic E-state index is 10.9. The van der Waals surface area contributed by atoms with Gasteiger partial charge in [-0.15, -0.1) is 0 Å². The number of fused-ring (bicyclic) bond motifs is 1. The predicted molar refractivity (Wildman–Crippen MR) is 54.6 cm³/mol. The number of nitrogens with one attached hydrogen (secondary N) is 1. The lowest BCUT2D eigenvalue weighted by Gasteiger charge is -1.96. The fourth-order valence-electron chi connectivity index (χ4n) is 1.19. The van der Waals surface area contributed by atoms with Gasteiger partial charge in [0, 0.05) is 5.56 Å². The minimum Gasteiger partial charge on any atom is -0.366 e. The summed E-state index contributed by atoms with van der Waals surface area (Å²) in [5, 5.41) is 0.572. The molecule has 0 saturated carbocycles. The number of imidazole rings is 1. The fourth-order valence-corrected chi connectivity index (χ4v) is 1.64. The Morgan fingerprint density at radius 2 is 2.14 bits per heavy atom. The molecular weight excluding hydrogens is 225 g/mol. The molecule has 0 aliphatic carbocycles. The molecule has 0 aliphatic rings. The summed E-state index contributed by atoms with van der Waals surface area (Å²) in [6, 6.07) is 3.02. The van der Waals surface area contributed by atoms with Gasteiger partial charge in [0.2, 0.25) is 11.2 Å². The zero-order valence-corrected chi connectivity index (χ0v) is 8.36. The number of primary amides is 1. The summed E-state index contributed by atoms with van der Waals surface area (Å²) >= 11 is 11.5. The first-order valence-corrected chi connectivity index (χ1v) is 4.48. The van der Waals surface area contributed by atoms with E-state index >= 15 is 0 Å². The molecule has 72 valence electrons. The van der Waals surface area contributed by atoms with Crippen LogP contribution in [0, 0.1) is 0 Å². The Morgan fingerprint density at radius 1 is 1.43 bits per heavy atom. The SMILES string of the molecule is NC(=O)c1cc(Cl)c2nc(Cl)[nH]c2c1. The highest BCUT2D eigenvalue weighted by atomic mass is 35.5. The average molecular weight is 230 g/mol. The van der Waals surface area contributed by atoms with Gasteiger partial charge in [0.15, 0.2) is 0 Å². The molecule has 1 aromatic heterocycles. The van der Waals surface area contributed by atoms with Crippen molar-refractivity contribution in [1.29, 1.82) is 0 Å². The maximum absolute atomic E-state index is 10.9. The highest BCUT2D eigenvalue weighted by Gasteiger charge is 2.09. The fraction of sp³-hybridized carbons (Fsp3) is 0. The number of halogens is 2. The van der Waals surface area contributed by atoms with Crippen molar-refractivity contribution in [2.24, 2.45) is 5.73 Å². The Kier molecular flexibility index (Phi) is 2.09. The lowest BCUT2D eigenvalue weighted by atomic mass is 10.2. The van der Waals surface area contributed by atoms with Crippen LogP contribution in [0.2, 0.25) is 10.3 Å². The van der Waals surface area contributed by atoms with Crippen molar-refractivity contribution in [3.63, 3.8) is 0 Å². The van der Waals surface area contributed by atoms with E-state index in [1.54, 1.807) is 6.07 Å². The number of aromatic nitrogens is 2. The zero-order valence-electron chi connectivity index (χ0n) is 6.84. The van der Waals surface area contributed by atoms with Gasteiger partial charge in [-0.25, -0.2) is 4.98 Å². The monoisotopic (exact) mass is 229 g/mol. The molecule has 0 unspecified atom stereocenters. The second-order valence-corrected chi connectivity index (χ2v) is 3.51. The van der Waals surface area contributed by atoms with Gasteiger partial charge >= 0.3 is 0 Å². The van der Waals surface area contributed by atoms with E-state index in [1.807, 2.05) is 0 Å². The van der Waals surface area contributed by atoms with Crippen molar-refractivity contribution in [2.45, 2.75) is 0 Å². The molecule has 6 heteroatoms. The number of benzene rings is 1. The molecule has 1 heterocycles. The first-order valence-electron chi connectivity index (χ1n) is 3.72. The third-order valence-corrected chi connectivity index (χ3v) is 2.26. The lowest BCUT2D eigenvalue weighted by molar-refractivity contribution is 0.100. The van der Waals surface area contributed by atoms with Crippen LogP contribution in [0.5, 0.6) is 0 Å². The summed E-state index contributed by atoms with van der Waals surface area (Å²) in [4.78, 5) is 17.6. The van der Waals surface area contributed by atoms with Crippen LogP contribution in [0.4, 0.5) is 0 Å². The molecule has 3 N–H and O–H groups in total. The van der Waals surface area contributed by atoms with Gasteiger partial charge in [-0.2, -0.15) is 0 Å². The van der Waals surface area contributed by atoms with E-state index in [0.717, 1.165) is 0 Å². The number of nitrogens with two attached hydrogens (primary N) is 1. The molecule has 0 bridgehead atoms. The van der Waals surface area contributed by atoms with E-state index in [4.69, 9.17) is 28.9 Å². The van der Waals surface area contributed by atoms with Gasteiger partial charge in [0.05, 0.1) is 10.5 Å². The van der Waals surface area contributed by atoms with Crippen molar-refractivity contribution in [3.05, 3.63) is 28.0 Å². The molecule has 0 saturated heterocycles. The van der Waals surface area contributed by atoms with E-state index in [0.29, 0.717) is 21.6 Å². The van der Waals surface area contributed by atoms with Crippen LogP contribution in [0.15, 0.2) is 12.1 Å². The molecule has 0 radical (unpaired) electrons. The van der Waals surface area contributed by atoms with Crippen LogP contribution in [-0.2, 0) is 0 Å². The molecule has 0 aliphatic heterocycles. The van der Waals surface area contributed by atoms with Gasteiger partial charge in [0.25, 0.3) is 0 Å². The smallest absolute Gasteiger partial charge is 0.248 e. The number of rotatable bonds is 1. The summed E-state index contributed by atoms with van der Waals surface area (Å²) < 4.78 is 0. The van der Waals surface area contributed by atoms with E-state index < -0.39 is 5.91 Å².